The maximum Gasteiger partial charge on any atom is 0.213 e. The monoisotopic (exact) mass is 252 g/mol. The van der Waals surface area contributed by atoms with Gasteiger partial charge in [0.1, 0.15) is 11.6 Å². The van der Waals surface area contributed by atoms with Gasteiger partial charge < -0.3 is 5.73 Å². The van der Waals surface area contributed by atoms with E-state index in [1.54, 1.807) is 6.07 Å². The minimum Gasteiger partial charge on any atom is -0.324 e. The summed E-state index contributed by atoms with van der Waals surface area (Å²) in [7, 11) is 0. The van der Waals surface area contributed by atoms with Crippen LogP contribution in [0.25, 0.3) is 0 Å². The van der Waals surface area contributed by atoms with E-state index in [-0.39, 0.29) is 11.9 Å². The Kier molecular flexibility index (Phi) is 3.44. The lowest BCUT2D eigenvalue weighted by Gasteiger charge is -2.10. The number of aromatic nitrogens is 3. The van der Waals surface area contributed by atoms with E-state index < -0.39 is 0 Å². The molecule has 2 rings (SSSR count). The standard InChI is InChI=1S/C11H13FN4S/c1-6(13)9-5-8(12)3-4-10(9)17-11-14-7(2)15-16-11/h3-6H,13H2,1-2H3,(H,14,15,16)/t6-/m1/s1. The molecule has 3 N–H and O–H groups in total. The van der Waals surface area contributed by atoms with Gasteiger partial charge in [0.05, 0.1) is 0 Å². The lowest BCUT2D eigenvalue weighted by Crippen LogP contribution is -2.06. The maximum atomic E-state index is 13.1. The molecule has 0 aliphatic rings. The van der Waals surface area contributed by atoms with E-state index in [9.17, 15) is 4.39 Å². The summed E-state index contributed by atoms with van der Waals surface area (Å²) in [6.07, 6.45) is 0. The van der Waals surface area contributed by atoms with Crippen molar-refractivity contribution in [3.63, 3.8) is 0 Å². The third-order valence-electron chi connectivity index (χ3n) is 2.24. The molecule has 0 fully saturated rings. The van der Waals surface area contributed by atoms with Gasteiger partial charge in [0.15, 0.2) is 0 Å². The summed E-state index contributed by atoms with van der Waals surface area (Å²) < 4.78 is 13.1. The first-order valence-corrected chi connectivity index (χ1v) is 6.00. The van der Waals surface area contributed by atoms with Crippen LogP contribution < -0.4 is 5.73 Å². The fourth-order valence-electron chi connectivity index (χ4n) is 1.43. The van der Waals surface area contributed by atoms with Crippen molar-refractivity contribution in [1.29, 1.82) is 0 Å². The topological polar surface area (TPSA) is 67.6 Å². The molecule has 4 nitrogen and oxygen atoms in total. The number of H-pyrrole nitrogens is 1. The number of nitrogens with zero attached hydrogens (tertiary/aromatic N) is 2. The van der Waals surface area contributed by atoms with E-state index >= 15 is 0 Å². The average molecular weight is 252 g/mol. The molecule has 0 saturated carbocycles. The number of aromatic amines is 1. The summed E-state index contributed by atoms with van der Waals surface area (Å²) in [5, 5.41) is 7.40. The highest BCUT2D eigenvalue weighted by Crippen LogP contribution is 2.31. The highest BCUT2D eigenvalue weighted by molar-refractivity contribution is 7.99. The Hall–Kier alpha value is -1.40. The van der Waals surface area contributed by atoms with Gasteiger partial charge in [-0.15, -0.1) is 5.10 Å². The number of nitrogens with one attached hydrogen (secondary N) is 1. The number of hydrogen-bond donors (Lipinski definition) is 2. The zero-order valence-electron chi connectivity index (χ0n) is 9.57. The Morgan fingerprint density at radius 3 is 2.82 bits per heavy atom. The number of halogens is 1. The third kappa shape index (κ3) is 2.83. The Morgan fingerprint density at radius 2 is 2.24 bits per heavy atom. The summed E-state index contributed by atoms with van der Waals surface area (Å²) >= 11 is 1.37. The second kappa shape index (κ2) is 4.85. The largest absolute Gasteiger partial charge is 0.324 e. The van der Waals surface area contributed by atoms with Crippen molar-refractivity contribution in [3.05, 3.63) is 35.4 Å². The minimum atomic E-state index is -0.284. The number of hydrogen-bond acceptors (Lipinski definition) is 4. The van der Waals surface area contributed by atoms with Gasteiger partial charge in [-0.25, -0.2) is 9.37 Å². The van der Waals surface area contributed by atoms with Gasteiger partial charge in [-0.3, -0.25) is 5.10 Å². The number of nitrogens with two attached hydrogens (primary N) is 1. The Morgan fingerprint density at radius 1 is 1.47 bits per heavy atom. The maximum absolute atomic E-state index is 13.1. The Bertz CT molecular complexity index is 524. The molecule has 1 aromatic carbocycles. The first kappa shape index (κ1) is 12.1. The van der Waals surface area contributed by atoms with Crippen molar-refractivity contribution >= 4 is 11.8 Å². The zero-order valence-corrected chi connectivity index (χ0v) is 10.4. The van der Waals surface area contributed by atoms with Crippen molar-refractivity contribution in [2.75, 3.05) is 0 Å². The zero-order chi connectivity index (χ0) is 12.4. The van der Waals surface area contributed by atoms with Crippen LogP contribution in [-0.4, -0.2) is 15.2 Å². The van der Waals surface area contributed by atoms with Crippen molar-refractivity contribution < 1.29 is 4.39 Å². The van der Waals surface area contributed by atoms with Crippen molar-refractivity contribution in [3.8, 4) is 0 Å². The van der Waals surface area contributed by atoms with Crippen LogP contribution in [0.1, 0.15) is 24.4 Å². The number of rotatable bonds is 3. The molecule has 90 valence electrons. The molecule has 2 aromatic rings. The normalized spacial score (nSPS) is 12.7. The summed E-state index contributed by atoms with van der Waals surface area (Å²) in [6, 6.07) is 4.33. The molecule has 6 heteroatoms. The number of benzene rings is 1. The van der Waals surface area contributed by atoms with Crippen LogP contribution in [0.15, 0.2) is 28.3 Å². The predicted molar refractivity (Wildman–Crippen MR) is 64.2 cm³/mol. The lowest BCUT2D eigenvalue weighted by molar-refractivity contribution is 0.619. The van der Waals surface area contributed by atoms with E-state index in [0.717, 1.165) is 16.3 Å². The quantitative estimate of drug-likeness (QED) is 0.880. The minimum absolute atomic E-state index is 0.228. The van der Waals surface area contributed by atoms with Gasteiger partial charge in [0, 0.05) is 10.9 Å². The van der Waals surface area contributed by atoms with E-state index in [0.29, 0.717) is 5.16 Å². The first-order chi connectivity index (χ1) is 8.06. The second-order valence-corrected chi connectivity index (χ2v) is 4.79. The first-order valence-electron chi connectivity index (χ1n) is 5.18. The highest BCUT2D eigenvalue weighted by atomic mass is 32.2. The van der Waals surface area contributed by atoms with E-state index in [1.807, 2.05) is 13.8 Å². The molecule has 1 atom stereocenters. The average Bonchev–Trinajstić information content (AvgIpc) is 2.66. The second-order valence-electron chi connectivity index (χ2n) is 3.78. The van der Waals surface area contributed by atoms with Crippen LogP contribution in [0.3, 0.4) is 0 Å². The van der Waals surface area contributed by atoms with Crippen LogP contribution in [0.2, 0.25) is 0 Å². The molecule has 1 heterocycles. The van der Waals surface area contributed by atoms with Crippen LogP contribution in [0, 0.1) is 12.7 Å². The molecule has 0 spiro atoms. The fraction of sp³-hybridized carbons (Fsp3) is 0.273. The summed E-state index contributed by atoms with van der Waals surface area (Å²) in [5.41, 5.74) is 6.58. The number of aryl methyl sites for hydroxylation is 1. The third-order valence-corrected chi connectivity index (χ3v) is 3.20. The van der Waals surface area contributed by atoms with Crippen LogP contribution in [-0.2, 0) is 0 Å². The molecular formula is C11H13FN4S. The van der Waals surface area contributed by atoms with E-state index in [1.165, 1.54) is 23.9 Å². The van der Waals surface area contributed by atoms with E-state index in [2.05, 4.69) is 15.2 Å². The van der Waals surface area contributed by atoms with Gasteiger partial charge in [0.25, 0.3) is 0 Å². The predicted octanol–water partition coefficient (Wildman–Crippen LogP) is 2.42. The SMILES string of the molecule is Cc1nc(Sc2ccc(F)cc2[C@@H](C)N)n[nH]1. The molecule has 17 heavy (non-hydrogen) atoms. The molecule has 0 saturated heterocycles. The Labute approximate surface area is 103 Å². The molecule has 0 amide bonds. The van der Waals surface area contributed by atoms with E-state index in [4.69, 9.17) is 5.73 Å². The molecule has 1 aromatic heterocycles. The molecule has 0 bridgehead atoms. The Balaban J connectivity index is 2.32. The molecule has 0 aliphatic heterocycles. The van der Waals surface area contributed by atoms with Crippen molar-refractivity contribution in [1.82, 2.24) is 15.2 Å². The van der Waals surface area contributed by atoms with Crippen LogP contribution >= 0.6 is 11.8 Å². The van der Waals surface area contributed by atoms with Gasteiger partial charge in [-0.05, 0) is 49.4 Å². The highest BCUT2D eigenvalue weighted by Gasteiger charge is 2.11. The van der Waals surface area contributed by atoms with Gasteiger partial charge >= 0.3 is 0 Å². The van der Waals surface area contributed by atoms with Crippen LogP contribution in [0.5, 0.6) is 0 Å². The molecule has 0 unspecified atom stereocenters. The molecular weight excluding hydrogens is 239 g/mol. The van der Waals surface area contributed by atoms with Crippen molar-refractivity contribution in [2.45, 2.75) is 29.9 Å². The van der Waals surface area contributed by atoms with Gasteiger partial charge in [0.2, 0.25) is 5.16 Å². The van der Waals surface area contributed by atoms with Gasteiger partial charge in [-0.2, -0.15) is 0 Å². The lowest BCUT2D eigenvalue weighted by atomic mass is 10.1. The van der Waals surface area contributed by atoms with Crippen LogP contribution in [0.4, 0.5) is 4.39 Å². The summed E-state index contributed by atoms with van der Waals surface area (Å²) in [5.74, 6) is 0.463. The van der Waals surface area contributed by atoms with Crippen molar-refractivity contribution in [2.24, 2.45) is 5.73 Å². The smallest absolute Gasteiger partial charge is 0.213 e. The summed E-state index contributed by atoms with van der Waals surface area (Å²) in [4.78, 5) is 5.07. The fourth-order valence-corrected chi connectivity index (χ4v) is 2.40. The summed E-state index contributed by atoms with van der Waals surface area (Å²) in [6.45, 7) is 3.65. The van der Waals surface area contributed by atoms with Gasteiger partial charge in [-0.1, -0.05) is 0 Å². The molecule has 0 aliphatic carbocycles. The molecule has 0 radical (unpaired) electrons.